The molecule has 0 aliphatic heterocycles. The summed E-state index contributed by atoms with van der Waals surface area (Å²) in [7, 11) is 1.96. The highest BCUT2D eigenvalue weighted by Crippen LogP contribution is 2.30. The summed E-state index contributed by atoms with van der Waals surface area (Å²) in [5.74, 6) is 0.674. The number of hydrogen-bond acceptors (Lipinski definition) is 1. The first-order chi connectivity index (χ1) is 7.58. The maximum absolute atomic E-state index is 6.20. The predicted molar refractivity (Wildman–Crippen MR) is 72.3 cm³/mol. The monoisotopic (exact) mass is 259 g/mol. The van der Waals surface area contributed by atoms with Gasteiger partial charge in [0.1, 0.15) is 0 Å². The number of benzene rings is 1. The van der Waals surface area contributed by atoms with Crippen LogP contribution in [0.3, 0.4) is 0 Å². The third-order valence-corrected chi connectivity index (χ3v) is 3.60. The maximum Gasteiger partial charge on any atom is 0.0454 e. The van der Waals surface area contributed by atoms with Crippen molar-refractivity contribution in [2.45, 2.75) is 32.7 Å². The van der Waals surface area contributed by atoms with Crippen molar-refractivity contribution < 1.29 is 0 Å². The van der Waals surface area contributed by atoms with Crippen LogP contribution < -0.4 is 5.32 Å². The van der Waals surface area contributed by atoms with E-state index in [9.17, 15) is 0 Å². The highest BCUT2D eigenvalue weighted by atomic mass is 35.5. The second kappa shape index (κ2) is 6.48. The van der Waals surface area contributed by atoms with Crippen molar-refractivity contribution in [3.8, 4) is 0 Å². The van der Waals surface area contributed by atoms with Crippen LogP contribution in [0.1, 0.15) is 38.3 Å². The molecule has 1 nitrogen and oxygen atoms in total. The molecule has 0 fully saturated rings. The summed E-state index contributed by atoms with van der Waals surface area (Å²) in [6.45, 7) is 4.46. The van der Waals surface area contributed by atoms with Gasteiger partial charge in [-0.2, -0.15) is 0 Å². The van der Waals surface area contributed by atoms with Gasteiger partial charge in [-0.25, -0.2) is 0 Å². The molecule has 2 unspecified atom stereocenters. The van der Waals surface area contributed by atoms with Crippen LogP contribution in [-0.2, 0) is 0 Å². The average Bonchev–Trinajstić information content (AvgIpc) is 2.29. The fourth-order valence-corrected chi connectivity index (χ4v) is 2.18. The normalized spacial score (nSPS) is 14.8. The van der Waals surface area contributed by atoms with E-state index in [0.717, 1.165) is 22.0 Å². The number of hydrogen-bond donors (Lipinski definition) is 1. The zero-order valence-corrected chi connectivity index (χ0v) is 11.6. The van der Waals surface area contributed by atoms with Gasteiger partial charge < -0.3 is 5.32 Å². The lowest BCUT2D eigenvalue weighted by atomic mass is 9.94. The van der Waals surface area contributed by atoms with Crippen molar-refractivity contribution in [2.24, 2.45) is 5.92 Å². The SMILES string of the molecule is CCC(C)CC(NC)c1cc(Cl)ccc1Cl. The van der Waals surface area contributed by atoms with Crippen molar-refractivity contribution in [3.05, 3.63) is 33.8 Å². The Kier molecular flexibility index (Phi) is 5.60. The zero-order chi connectivity index (χ0) is 12.1. The first-order valence-electron chi connectivity index (χ1n) is 5.70. The smallest absolute Gasteiger partial charge is 0.0454 e. The van der Waals surface area contributed by atoms with Gasteiger partial charge in [0.2, 0.25) is 0 Å². The van der Waals surface area contributed by atoms with Crippen molar-refractivity contribution in [3.63, 3.8) is 0 Å². The molecular weight excluding hydrogens is 241 g/mol. The molecule has 1 N–H and O–H groups in total. The molecule has 2 atom stereocenters. The van der Waals surface area contributed by atoms with Gasteiger partial charge in [-0.3, -0.25) is 0 Å². The minimum absolute atomic E-state index is 0.279. The fourth-order valence-electron chi connectivity index (χ4n) is 1.75. The van der Waals surface area contributed by atoms with E-state index in [1.807, 2.05) is 25.2 Å². The van der Waals surface area contributed by atoms with Gasteiger partial charge >= 0.3 is 0 Å². The lowest BCUT2D eigenvalue weighted by molar-refractivity contribution is 0.422. The summed E-state index contributed by atoms with van der Waals surface area (Å²) in [4.78, 5) is 0. The molecule has 16 heavy (non-hydrogen) atoms. The van der Waals surface area contributed by atoms with Gasteiger partial charge in [0.05, 0.1) is 0 Å². The van der Waals surface area contributed by atoms with Crippen molar-refractivity contribution in [2.75, 3.05) is 7.05 Å². The summed E-state index contributed by atoms with van der Waals surface area (Å²) in [5.41, 5.74) is 1.09. The molecule has 0 aliphatic rings. The van der Waals surface area contributed by atoms with E-state index >= 15 is 0 Å². The van der Waals surface area contributed by atoms with Crippen LogP contribution >= 0.6 is 23.2 Å². The van der Waals surface area contributed by atoms with Crippen LogP contribution in [-0.4, -0.2) is 7.05 Å². The van der Waals surface area contributed by atoms with Crippen LogP contribution in [0.4, 0.5) is 0 Å². The van der Waals surface area contributed by atoms with E-state index in [-0.39, 0.29) is 6.04 Å². The molecule has 0 saturated carbocycles. The lowest BCUT2D eigenvalue weighted by Gasteiger charge is -2.21. The minimum Gasteiger partial charge on any atom is -0.313 e. The Hall–Kier alpha value is -0.240. The lowest BCUT2D eigenvalue weighted by Crippen LogP contribution is -2.19. The summed E-state index contributed by atoms with van der Waals surface area (Å²) in [6.07, 6.45) is 2.25. The molecule has 3 heteroatoms. The van der Waals surface area contributed by atoms with Crippen LogP contribution in [0.2, 0.25) is 10.0 Å². The van der Waals surface area contributed by atoms with Gasteiger partial charge in [-0.15, -0.1) is 0 Å². The van der Waals surface area contributed by atoms with Crippen molar-refractivity contribution in [1.29, 1.82) is 0 Å². The van der Waals surface area contributed by atoms with E-state index in [0.29, 0.717) is 5.92 Å². The second-order valence-electron chi connectivity index (χ2n) is 4.26. The molecule has 1 rings (SSSR count). The largest absolute Gasteiger partial charge is 0.313 e. The number of nitrogens with one attached hydrogen (secondary N) is 1. The Labute approximate surface area is 108 Å². The average molecular weight is 260 g/mol. The van der Waals surface area contributed by atoms with Crippen LogP contribution in [0.25, 0.3) is 0 Å². The molecular formula is C13H19Cl2N. The Morgan fingerprint density at radius 1 is 1.31 bits per heavy atom. The minimum atomic E-state index is 0.279. The molecule has 0 bridgehead atoms. The Bertz CT molecular complexity index is 339. The summed E-state index contributed by atoms with van der Waals surface area (Å²) in [6, 6.07) is 5.91. The van der Waals surface area contributed by atoms with Crippen molar-refractivity contribution in [1.82, 2.24) is 5.32 Å². The van der Waals surface area contributed by atoms with Gasteiger partial charge in [-0.1, -0.05) is 43.5 Å². The van der Waals surface area contributed by atoms with Gasteiger partial charge in [-0.05, 0) is 43.1 Å². The molecule has 0 aliphatic carbocycles. The standard InChI is InChI=1S/C13H19Cl2N/c1-4-9(2)7-13(16-3)11-8-10(14)5-6-12(11)15/h5-6,8-9,13,16H,4,7H2,1-3H3. The Morgan fingerprint density at radius 2 is 2.00 bits per heavy atom. The molecule has 1 aromatic rings. The maximum atomic E-state index is 6.20. The highest BCUT2D eigenvalue weighted by Gasteiger charge is 2.15. The van der Waals surface area contributed by atoms with Crippen LogP contribution in [0.15, 0.2) is 18.2 Å². The van der Waals surface area contributed by atoms with Crippen LogP contribution in [0.5, 0.6) is 0 Å². The Balaban J connectivity index is 2.89. The second-order valence-corrected chi connectivity index (χ2v) is 5.10. The fraction of sp³-hybridized carbons (Fsp3) is 0.538. The molecule has 0 amide bonds. The summed E-state index contributed by atoms with van der Waals surface area (Å²) >= 11 is 12.2. The van der Waals surface area contributed by atoms with E-state index in [1.165, 1.54) is 6.42 Å². The quantitative estimate of drug-likeness (QED) is 0.809. The molecule has 90 valence electrons. The van der Waals surface area contributed by atoms with Crippen LogP contribution in [0, 0.1) is 5.92 Å². The van der Waals surface area contributed by atoms with Gasteiger partial charge in [0.25, 0.3) is 0 Å². The van der Waals surface area contributed by atoms with Gasteiger partial charge in [0.15, 0.2) is 0 Å². The van der Waals surface area contributed by atoms with E-state index < -0.39 is 0 Å². The topological polar surface area (TPSA) is 12.0 Å². The first-order valence-corrected chi connectivity index (χ1v) is 6.46. The first kappa shape index (κ1) is 13.8. The number of rotatable bonds is 5. The summed E-state index contributed by atoms with van der Waals surface area (Å²) in [5, 5.41) is 4.83. The van der Waals surface area contributed by atoms with E-state index in [1.54, 1.807) is 0 Å². The zero-order valence-electron chi connectivity index (χ0n) is 10.1. The Morgan fingerprint density at radius 3 is 2.56 bits per heavy atom. The molecule has 0 saturated heterocycles. The molecule has 0 spiro atoms. The third-order valence-electron chi connectivity index (χ3n) is 3.02. The van der Waals surface area contributed by atoms with E-state index in [4.69, 9.17) is 23.2 Å². The molecule has 1 aromatic carbocycles. The highest BCUT2D eigenvalue weighted by molar-refractivity contribution is 6.33. The summed E-state index contributed by atoms with van der Waals surface area (Å²) < 4.78 is 0. The van der Waals surface area contributed by atoms with E-state index in [2.05, 4.69) is 19.2 Å². The predicted octanol–water partition coefficient (Wildman–Crippen LogP) is 4.69. The van der Waals surface area contributed by atoms with Gasteiger partial charge in [0, 0.05) is 16.1 Å². The third kappa shape index (κ3) is 3.65. The number of halogens is 2. The molecule has 0 heterocycles. The molecule has 0 radical (unpaired) electrons. The molecule has 0 aromatic heterocycles. The van der Waals surface area contributed by atoms with Crippen molar-refractivity contribution >= 4 is 23.2 Å².